The molecular formula is C32H25Cl2F4NO4S. The number of halogens is 6. The lowest BCUT2D eigenvalue weighted by Gasteiger charge is -2.45. The number of carbonyl (C=O) groups excluding carboxylic acids is 1. The summed E-state index contributed by atoms with van der Waals surface area (Å²) in [6.45, 7) is -0.0463. The van der Waals surface area contributed by atoms with Crippen LogP contribution in [0.5, 0.6) is 5.75 Å². The number of esters is 1. The second kappa shape index (κ2) is 11.6. The lowest BCUT2D eigenvalue weighted by Crippen LogP contribution is -2.41. The molecule has 0 amide bonds. The van der Waals surface area contributed by atoms with E-state index in [9.17, 15) is 27.5 Å². The number of hydrogen-bond donors (Lipinski definition) is 1. The van der Waals surface area contributed by atoms with Gasteiger partial charge in [0, 0.05) is 16.0 Å². The minimum absolute atomic E-state index is 0.0223. The molecule has 1 aromatic heterocycles. The minimum Gasteiger partial charge on any atom is -0.489 e. The molecule has 6 rings (SSSR count). The Bertz CT molecular complexity index is 1730. The van der Waals surface area contributed by atoms with Crippen molar-refractivity contribution in [3.05, 3.63) is 103 Å². The molecule has 12 heteroatoms. The number of rotatable bonds is 8. The van der Waals surface area contributed by atoms with E-state index >= 15 is 0 Å². The third-order valence-corrected chi connectivity index (χ3v) is 9.86. The van der Waals surface area contributed by atoms with Gasteiger partial charge in [-0.05, 0) is 96.6 Å². The highest BCUT2D eigenvalue weighted by Crippen LogP contribution is 2.54. The summed E-state index contributed by atoms with van der Waals surface area (Å²) in [6.07, 6.45) is -2.90. The number of benzene rings is 3. The number of aliphatic hydroxyl groups is 1. The zero-order chi connectivity index (χ0) is 31.4. The van der Waals surface area contributed by atoms with Gasteiger partial charge in [0.2, 0.25) is 0 Å². The van der Waals surface area contributed by atoms with Gasteiger partial charge in [-0.3, -0.25) is 0 Å². The van der Waals surface area contributed by atoms with E-state index in [-0.39, 0.29) is 42.2 Å². The van der Waals surface area contributed by atoms with E-state index in [0.29, 0.717) is 32.8 Å². The number of carbonyl (C=O) groups is 1. The van der Waals surface area contributed by atoms with E-state index in [2.05, 4.69) is 9.11 Å². The first-order valence-corrected chi connectivity index (χ1v) is 15.3. The topological polar surface area (TPSA) is 68.7 Å². The van der Waals surface area contributed by atoms with Crippen molar-refractivity contribution in [3.8, 4) is 17.0 Å². The van der Waals surface area contributed by atoms with Gasteiger partial charge in [0.1, 0.15) is 18.2 Å². The summed E-state index contributed by atoms with van der Waals surface area (Å²) in [6, 6.07) is 12.5. The highest BCUT2D eigenvalue weighted by atomic mass is 35.5. The summed E-state index contributed by atoms with van der Waals surface area (Å²) < 4.78 is 72.2. The molecular weight excluding hydrogens is 641 g/mol. The Morgan fingerprint density at radius 1 is 1.07 bits per heavy atom. The summed E-state index contributed by atoms with van der Waals surface area (Å²) in [5.74, 6) is -1.73. The first kappa shape index (κ1) is 30.8. The Balaban J connectivity index is 1.26. The van der Waals surface area contributed by atoms with Gasteiger partial charge in [-0.1, -0.05) is 41.4 Å². The quantitative estimate of drug-likeness (QED) is 0.150. The van der Waals surface area contributed by atoms with Crippen molar-refractivity contribution in [2.75, 3.05) is 7.11 Å². The molecule has 3 aromatic carbocycles. The van der Waals surface area contributed by atoms with Gasteiger partial charge in [0.25, 0.3) is 0 Å². The van der Waals surface area contributed by atoms with Crippen LogP contribution in [0.1, 0.15) is 75.0 Å². The van der Waals surface area contributed by atoms with E-state index in [1.54, 1.807) is 18.2 Å². The molecule has 44 heavy (non-hydrogen) atoms. The van der Waals surface area contributed by atoms with Crippen LogP contribution in [0.25, 0.3) is 11.3 Å². The number of aromatic nitrogens is 1. The minimum atomic E-state index is -4.77. The van der Waals surface area contributed by atoms with Gasteiger partial charge in [-0.2, -0.15) is 17.5 Å². The van der Waals surface area contributed by atoms with Crippen molar-refractivity contribution < 1.29 is 36.9 Å². The van der Waals surface area contributed by atoms with Crippen LogP contribution in [-0.2, 0) is 23.1 Å². The SMILES string of the molecule is COC(=O)c1cc(C2CC(O)(c3ccc(OCc4c(-c5c(Cl)cccc5Cl)nsc4C4CC4)cc3C(F)(F)F)C2)ccc1F. The first-order valence-electron chi connectivity index (χ1n) is 13.8. The molecule has 0 atom stereocenters. The van der Waals surface area contributed by atoms with Crippen molar-refractivity contribution in [2.24, 2.45) is 0 Å². The number of alkyl halides is 3. The van der Waals surface area contributed by atoms with E-state index < -0.39 is 29.1 Å². The average molecular weight is 667 g/mol. The zero-order valence-electron chi connectivity index (χ0n) is 23.2. The van der Waals surface area contributed by atoms with Gasteiger partial charge < -0.3 is 14.6 Å². The number of ether oxygens (including phenoxy) is 2. The molecule has 0 bridgehead atoms. The van der Waals surface area contributed by atoms with Crippen molar-refractivity contribution in [3.63, 3.8) is 0 Å². The standard InChI is InChI=1S/C32H25Cl2F4NO4S/c1-42-30(40)20-11-17(7-10-26(20)35)18-13-31(41,14-18)22-9-8-19(12-23(22)32(36,37)38)43-15-21-28(39-44-29(21)16-5-6-16)27-24(33)3-2-4-25(27)34/h2-4,7-12,16,18,41H,5-6,13-15H2,1H3. The van der Waals surface area contributed by atoms with Crippen LogP contribution in [0, 0.1) is 5.82 Å². The fourth-order valence-electron chi connectivity index (χ4n) is 5.73. The van der Waals surface area contributed by atoms with E-state index in [4.69, 9.17) is 27.9 Å². The molecule has 230 valence electrons. The summed E-state index contributed by atoms with van der Waals surface area (Å²) in [4.78, 5) is 12.9. The van der Waals surface area contributed by atoms with Crippen molar-refractivity contribution >= 4 is 40.7 Å². The lowest BCUT2D eigenvalue weighted by atomic mass is 9.64. The second-order valence-electron chi connectivity index (χ2n) is 11.1. The van der Waals surface area contributed by atoms with Gasteiger partial charge >= 0.3 is 12.1 Å². The second-order valence-corrected chi connectivity index (χ2v) is 12.7. The predicted molar refractivity (Wildman–Crippen MR) is 159 cm³/mol. The van der Waals surface area contributed by atoms with E-state index in [1.165, 1.54) is 35.8 Å². The highest BCUT2D eigenvalue weighted by Gasteiger charge is 2.49. The summed E-state index contributed by atoms with van der Waals surface area (Å²) in [5.41, 5.74) is -0.987. The summed E-state index contributed by atoms with van der Waals surface area (Å²) in [5, 5.41) is 12.1. The lowest BCUT2D eigenvalue weighted by molar-refractivity contribution is -0.143. The van der Waals surface area contributed by atoms with Crippen molar-refractivity contribution in [2.45, 2.75) is 55.9 Å². The third-order valence-electron chi connectivity index (χ3n) is 8.18. The fourth-order valence-corrected chi connectivity index (χ4v) is 7.35. The molecule has 0 aliphatic heterocycles. The Kier molecular flexibility index (Phi) is 8.15. The number of methoxy groups -OCH3 is 1. The van der Waals surface area contributed by atoms with Crippen LogP contribution in [-0.4, -0.2) is 22.6 Å². The number of hydrogen-bond acceptors (Lipinski definition) is 6. The van der Waals surface area contributed by atoms with E-state index in [0.717, 1.165) is 42.5 Å². The zero-order valence-corrected chi connectivity index (χ0v) is 25.5. The van der Waals surface area contributed by atoms with Gasteiger partial charge in [-0.25, -0.2) is 9.18 Å². The maximum Gasteiger partial charge on any atom is 0.416 e. The Morgan fingerprint density at radius 2 is 1.77 bits per heavy atom. The maximum absolute atomic E-state index is 14.3. The van der Waals surface area contributed by atoms with Crippen LogP contribution in [0.15, 0.2) is 54.6 Å². The van der Waals surface area contributed by atoms with E-state index in [1.807, 2.05) is 0 Å². The van der Waals surface area contributed by atoms with Crippen LogP contribution in [0.3, 0.4) is 0 Å². The molecule has 1 heterocycles. The molecule has 0 saturated heterocycles. The normalized spacial score (nSPS) is 19.9. The van der Waals surface area contributed by atoms with Crippen LogP contribution in [0.4, 0.5) is 17.6 Å². The fraction of sp³-hybridized carbons (Fsp3) is 0.312. The molecule has 1 N–H and O–H groups in total. The molecule has 0 radical (unpaired) electrons. The molecule has 2 fully saturated rings. The molecule has 2 aliphatic rings. The van der Waals surface area contributed by atoms with Crippen molar-refractivity contribution in [1.29, 1.82) is 0 Å². The highest BCUT2D eigenvalue weighted by molar-refractivity contribution is 7.06. The Hall–Kier alpha value is -3.18. The largest absolute Gasteiger partial charge is 0.489 e. The maximum atomic E-state index is 14.3. The molecule has 0 spiro atoms. The molecule has 2 saturated carbocycles. The average Bonchev–Trinajstić information content (AvgIpc) is 3.73. The molecule has 2 aliphatic carbocycles. The van der Waals surface area contributed by atoms with Crippen LogP contribution < -0.4 is 4.74 Å². The van der Waals surface area contributed by atoms with Gasteiger partial charge in [-0.15, -0.1) is 0 Å². The molecule has 4 aromatic rings. The molecule has 0 unspecified atom stereocenters. The Labute approximate surface area is 264 Å². The van der Waals surface area contributed by atoms with Crippen LogP contribution >= 0.6 is 34.7 Å². The number of nitrogens with zero attached hydrogens (tertiary/aromatic N) is 1. The first-order chi connectivity index (χ1) is 20.9. The Morgan fingerprint density at radius 3 is 2.41 bits per heavy atom. The van der Waals surface area contributed by atoms with Crippen molar-refractivity contribution in [1.82, 2.24) is 4.37 Å². The van der Waals surface area contributed by atoms with Gasteiger partial charge in [0.15, 0.2) is 0 Å². The molecule has 5 nitrogen and oxygen atoms in total. The summed E-state index contributed by atoms with van der Waals surface area (Å²) >= 11 is 14.2. The third kappa shape index (κ3) is 5.80. The van der Waals surface area contributed by atoms with Gasteiger partial charge in [0.05, 0.1) is 39.6 Å². The summed E-state index contributed by atoms with van der Waals surface area (Å²) in [7, 11) is 1.12. The predicted octanol–water partition coefficient (Wildman–Crippen LogP) is 9.28. The van der Waals surface area contributed by atoms with Crippen LogP contribution in [0.2, 0.25) is 10.0 Å². The smallest absolute Gasteiger partial charge is 0.416 e. The monoisotopic (exact) mass is 665 g/mol.